The third-order valence-corrected chi connectivity index (χ3v) is 6.59. The molecule has 0 bridgehead atoms. The van der Waals surface area contributed by atoms with E-state index in [0.29, 0.717) is 17.1 Å². The van der Waals surface area contributed by atoms with Crippen LogP contribution < -0.4 is 14.9 Å². The summed E-state index contributed by atoms with van der Waals surface area (Å²) in [5.41, 5.74) is 4.19. The van der Waals surface area contributed by atoms with Crippen LogP contribution in [0.15, 0.2) is 58.7 Å². The zero-order valence-corrected chi connectivity index (χ0v) is 24.3. The van der Waals surface area contributed by atoms with Crippen molar-refractivity contribution < 1.29 is 52.3 Å². The van der Waals surface area contributed by atoms with Gasteiger partial charge in [-0.05, 0) is 24.6 Å². The molecule has 3 aliphatic rings. The molecule has 5 atom stereocenters. The van der Waals surface area contributed by atoms with Crippen LogP contribution in [0.2, 0.25) is 0 Å². The molecule has 2 aromatic rings. The first-order valence-corrected chi connectivity index (χ1v) is 13.6. The number of amidine groups is 2. The standard InChI is InChI=1S/C29H30N4O11/c1-15-30-31-27(20-8-6-5-7-9-20)32-33(15)29(37)39-13-19-10-11-21-22(12-19)42-26-25(41-18(4)36)24(40-17(3)35)23(14-38-16(2)34)44-28(26)43-21/h5-12,23-26,28H,13-14H2,1-4H3,(H,31,32). The molecule has 2 aromatic carbocycles. The molecule has 0 radical (unpaired) electrons. The van der Waals surface area contributed by atoms with Crippen LogP contribution in [0, 0.1) is 0 Å². The number of carbonyl (C=O) groups excluding carboxylic acids is 4. The molecule has 44 heavy (non-hydrogen) atoms. The molecule has 0 saturated carbocycles. The molecule has 0 spiro atoms. The van der Waals surface area contributed by atoms with Crippen LogP contribution in [0.4, 0.5) is 4.79 Å². The lowest BCUT2D eigenvalue weighted by atomic mass is 9.97. The zero-order chi connectivity index (χ0) is 31.4. The van der Waals surface area contributed by atoms with Crippen molar-refractivity contribution >= 4 is 35.7 Å². The summed E-state index contributed by atoms with van der Waals surface area (Å²) >= 11 is 0. The van der Waals surface area contributed by atoms with Crippen molar-refractivity contribution in [2.75, 3.05) is 6.61 Å². The lowest BCUT2D eigenvalue weighted by Crippen LogP contribution is -2.65. The van der Waals surface area contributed by atoms with E-state index in [0.717, 1.165) is 10.6 Å². The van der Waals surface area contributed by atoms with Gasteiger partial charge in [0.25, 0.3) is 0 Å². The van der Waals surface area contributed by atoms with E-state index in [1.54, 1.807) is 25.1 Å². The highest BCUT2D eigenvalue weighted by atomic mass is 16.7. The van der Waals surface area contributed by atoms with E-state index in [4.69, 9.17) is 33.2 Å². The number of benzene rings is 2. The molecule has 15 heteroatoms. The number of rotatable bonds is 7. The summed E-state index contributed by atoms with van der Waals surface area (Å²) < 4.78 is 39.6. The van der Waals surface area contributed by atoms with E-state index in [-0.39, 0.29) is 24.8 Å². The number of esters is 3. The number of nitrogens with zero attached hydrogens (tertiary/aromatic N) is 3. The molecule has 232 valence electrons. The minimum Gasteiger partial charge on any atom is -0.476 e. The summed E-state index contributed by atoms with van der Waals surface area (Å²) in [6.07, 6.45) is -6.23. The number of hydrogen-bond acceptors (Lipinski definition) is 14. The normalized spacial score (nSPS) is 23.5. The van der Waals surface area contributed by atoms with E-state index in [9.17, 15) is 19.2 Å². The second-order valence-electron chi connectivity index (χ2n) is 9.94. The average Bonchev–Trinajstić information content (AvgIpc) is 2.99. The summed E-state index contributed by atoms with van der Waals surface area (Å²) in [5.74, 6) is -0.720. The number of hydrogen-bond donors (Lipinski definition) is 1. The summed E-state index contributed by atoms with van der Waals surface area (Å²) in [5, 5.41) is 9.29. The smallest absolute Gasteiger partial charge is 0.435 e. The number of nitrogens with one attached hydrogen (secondary N) is 1. The van der Waals surface area contributed by atoms with Crippen LogP contribution in [0.25, 0.3) is 0 Å². The van der Waals surface area contributed by atoms with Crippen molar-refractivity contribution in [2.24, 2.45) is 10.2 Å². The molecular formula is C29H30N4O11. The van der Waals surface area contributed by atoms with Crippen molar-refractivity contribution in [1.29, 1.82) is 0 Å². The molecule has 3 heterocycles. The monoisotopic (exact) mass is 610 g/mol. The molecule has 0 aliphatic carbocycles. The Labute approximate surface area is 251 Å². The summed E-state index contributed by atoms with van der Waals surface area (Å²) in [6.45, 7) is 4.77. The summed E-state index contributed by atoms with van der Waals surface area (Å²) in [4.78, 5) is 48.4. The Bertz CT molecular complexity index is 1500. The Kier molecular flexibility index (Phi) is 8.94. The third-order valence-electron chi connectivity index (χ3n) is 6.59. The Morgan fingerprint density at radius 3 is 2.30 bits per heavy atom. The largest absolute Gasteiger partial charge is 0.476 e. The fraction of sp³-hybridized carbons (Fsp3) is 0.379. The van der Waals surface area contributed by atoms with E-state index in [1.165, 1.54) is 20.8 Å². The highest BCUT2D eigenvalue weighted by molar-refractivity contribution is 6.05. The molecule has 5 rings (SSSR count). The maximum absolute atomic E-state index is 12.9. The first kappa shape index (κ1) is 30.3. The predicted molar refractivity (Wildman–Crippen MR) is 149 cm³/mol. The minimum atomic E-state index is -1.17. The molecule has 1 N–H and O–H groups in total. The van der Waals surface area contributed by atoms with Crippen molar-refractivity contribution in [3.8, 4) is 11.5 Å². The topological polar surface area (TPSA) is 173 Å². The number of carbonyl (C=O) groups is 4. The van der Waals surface area contributed by atoms with E-state index in [1.807, 2.05) is 30.3 Å². The second kappa shape index (κ2) is 13.0. The van der Waals surface area contributed by atoms with E-state index in [2.05, 4.69) is 15.6 Å². The fourth-order valence-corrected chi connectivity index (χ4v) is 4.68. The first-order chi connectivity index (χ1) is 21.1. The lowest BCUT2D eigenvalue weighted by Gasteiger charge is -2.46. The van der Waals surface area contributed by atoms with E-state index >= 15 is 0 Å². The van der Waals surface area contributed by atoms with Crippen LogP contribution in [0.5, 0.6) is 11.5 Å². The van der Waals surface area contributed by atoms with Crippen molar-refractivity contribution in [3.63, 3.8) is 0 Å². The zero-order valence-electron chi connectivity index (χ0n) is 24.3. The molecule has 1 saturated heterocycles. The van der Waals surface area contributed by atoms with Gasteiger partial charge >= 0.3 is 24.0 Å². The van der Waals surface area contributed by atoms with Crippen LogP contribution in [0.3, 0.4) is 0 Å². The van der Waals surface area contributed by atoms with Gasteiger partial charge in [-0.1, -0.05) is 36.4 Å². The molecule has 3 aliphatic heterocycles. The molecule has 0 aromatic heterocycles. The SMILES string of the molecule is CC(=O)OCC1OC2Oc3ccc(COC(=O)N4NC(c5ccccc5)=NN=C4C)cc3OC2C(OC(C)=O)C1OC(C)=O. The highest BCUT2D eigenvalue weighted by Crippen LogP contribution is 2.40. The predicted octanol–water partition coefficient (Wildman–Crippen LogP) is 2.21. The average molecular weight is 611 g/mol. The van der Waals surface area contributed by atoms with Gasteiger partial charge in [-0.2, -0.15) is 5.01 Å². The molecule has 1 fully saturated rings. The van der Waals surface area contributed by atoms with Crippen molar-refractivity contribution in [1.82, 2.24) is 10.4 Å². The van der Waals surface area contributed by atoms with Gasteiger partial charge in [0.15, 0.2) is 35.4 Å². The van der Waals surface area contributed by atoms with E-state index < -0.39 is 54.7 Å². The van der Waals surface area contributed by atoms with Crippen LogP contribution in [-0.4, -0.2) is 78.0 Å². The van der Waals surface area contributed by atoms with Crippen molar-refractivity contribution in [2.45, 2.75) is 65.0 Å². The van der Waals surface area contributed by atoms with Gasteiger partial charge in [-0.15, -0.1) is 10.2 Å². The highest BCUT2D eigenvalue weighted by Gasteiger charge is 2.54. The van der Waals surface area contributed by atoms with Crippen LogP contribution >= 0.6 is 0 Å². The Hall–Kier alpha value is -5.18. The molecule has 5 unspecified atom stereocenters. The van der Waals surface area contributed by atoms with Gasteiger partial charge in [0.2, 0.25) is 12.4 Å². The number of ether oxygens (including phenoxy) is 7. The minimum absolute atomic E-state index is 0.142. The van der Waals surface area contributed by atoms with Gasteiger partial charge in [0, 0.05) is 26.3 Å². The molecule has 15 nitrogen and oxygen atoms in total. The van der Waals surface area contributed by atoms with Gasteiger partial charge < -0.3 is 33.2 Å². The Morgan fingerprint density at radius 2 is 1.59 bits per heavy atom. The Morgan fingerprint density at radius 1 is 0.864 bits per heavy atom. The van der Waals surface area contributed by atoms with Gasteiger partial charge in [0.1, 0.15) is 19.3 Å². The third kappa shape index (κ3) is 6.89. The quantitative estimate of drug-likeness (QED) is 0.358. The van der Waals surface area contributed by atoms with Crippen molar-refractivity contribution in [3.05, 3.63) is 59.7 Å². The number of amides is 1. The summed E-state index contributed by atoms with van der Waals surface area (Å²) in [7, 11) is 0. The maximum atomic E-state index is 12.9. The number of fused-ring (bicyclic) bond motifs is 2. The number of hydrazine groups is 1. The fourth-order valence-electron chi connectivity index (χ4n) is 4.68. The van der Waals surface area contributed by atoms with Crippen LogP contribution in [0.1, 0.15) is 38.8 Å². The Balaban J connectivity index is 1.29. The first-order valence-electron chi connectivity index (χ1n) is 13.6. The maximum Gasteiger partial charge on any atom is 0.435 e. The summed E-state index contributed by atoms with van der Waals surface area (Å²) in [6, 6.07) is 14.0. The van der Waals surface area contributed by atoms with Gasteiger partial charge in [0.05, 0.1) is 0 Å². The second-order valence-corrected chi connectivity index (χ2v) is 9.94. The molecule has 1 amide bonds. The molecular weight excluding hydrogens is 580 g/mol. The van der Waals surface area contributed by atoms with Gasteiger partial charge in [-0.25, -0.2) is 4.79 Å². The van der Waals surface area contributed by atoms with Gasteiger partial charge in [-0.3, -0.25) is 19.8 Å². The van der Waals surface area contributed by atoms with Crippen LogP contribution in [-0.2, 0) is 44.7 Å². The lowest BCUT2D eigenvalue weighted by molar-refractivity contribution is -0.286.